The fourth-order valence-corrected chi connectivity index (χ4v) is 2.60. The standard InChI is InChI=1S/C22H24N4O2/c1-15(2)14-23-20-13-19(16-7-5-4-6-8-16)25-22(26-20)24-18-11-9-17(10-12-18)21(27)28-3/h4-13,15H,14H2,1-3H3,(H2,23,24,25,26). The molecule has 2 aromatic carbocycles. The Morgan fingerprint density at radius 2 is 1.75 bits per heavy atom. The Hall–Kier alpha value is -3.41. The van der Waals surface area contributed by atoms with Gasteiger partial charge in [0, 0.05) is 23.9 Å². The molecule has 0 amide bonds. The third-order valence-corrected chi connectivity index (χ3v) is 4.05. The van der Waals surface area contributed by atoms with Crippen molar-refractivity contribution in [2.24, 2.45) is 5.92 Å². The number of esters is 1. The van der Waals surface area contributed by atoms with Crippen molar-refractivity contribution in [1.82, 2.24) is 9.97 Å². The van der Waals surface area contributed by atoms with Gasteiger partial charge in [-0.05, 0) is 30.2 Å². The average Bonchev–Trinajstić information content (AvgIpc) is 2.72. The first-order valence-electron chi connectivity index (χ1n) is 9.19. The Bertz CT molecular complexity index is 925. The topological polar surface area (TPSA) is 76.1 Å². The summed E-state index contributed by atoms with van der Waals surface area (Å²) in [6.45, 7) is 5.11. The van der Waals surface area contributed by atoms with Crippen LogP contribution in [0, 0.1) is 5.92 Å². The van der Waals surface area contributed by atoms with Crippen LogP contribution in [0.4, 0.5) is 17.5 Å². The first-order chi connectivity index (χ1) is 13.5. The highest BCUT2D eigenvalue weighted by molar-refractivity contribution is 5.89. The van der Waals surface area contributed by atoms with Crippen LogP contribution in [0.3, 0.4) is 0 Å². The van der Waals surface area contributed by atoms with Crippen molar-refractivity contribution in [3.8, 4) is 11.3 Å². The number of carbonyl (C=O) groups excluding carboxylic acids is 1. The SMILES string of the molecule is COC(=O)c1ccc(Nc2nc(NCC(C)C)cc(-c3ccccc3)n2)cc1. The predicted molar refractivity (Wildman–Crippen MR) is 112 cm³/mol. The lowest BCUT2D eigenvalue weighted by Gasteiger charge is -2.13. The molecule has 0 saturated heterocycles. The van der Waals surface area contributed by atoms with Crippen molar-refractivity contribution in [2.75, 3.05) is 24.3 Å². The zero-order valence-electron chi connectivity index (χ0n) is 16.3. The molecule has 0 atom stereocenters. The van der Waals surface area contributed by atoms with Gasteiger partial charge in [-0.25, -0.2) is 9.78 Å². The number of nitrogens with one attached hydrogen (secondary N) is 2. The summed E-state index contributed by atoms with van der Waals surface area (Å²) in [5.41, 5.74) is 3.12. The molecule has 0 fully saturated rings. The van der Waals surface area contributed by atoms with E-state index in [2.05, 4.69) is 34.4 Å². The number of rotatable bonds is 7. The van der Waals surface area contributed by atoms with Gasteiger partial charge in [-0.1, -0.05) is 44.2 Å². The maximum Gasteiger partial charge on any atom is 0.337 e. The van der Waals surface area contributed by atoms with Crippen LogP contribution in [-0.4, -0.2) is 29.6 Å². The minimum Gasteiger partial charge on any atom is -0.465 e. The summed E-state index contributed by atoms with van der Waals surface area (Å²) < 4.78 is 4.73. The summed E-state index contributed by atoms with van der Waals surface area (Å²) in [5.74, 6) is 1.38. The van der Waals surface area contributed by atoms with Crippen molar-refractivity contribution in [2.45, 2.75) is 13.8 Å². The summed E-state index contributed by atoms with van der Waals surface area (Å²) in [6, 6.07) is 18.9. The van der Waals surface area contributed by atoms with E-state index >= 15 is 0 Å². The fraction of sp³-hybridized carbons (Fsp3) is 0.227. The summed E-state index contributed by atoms with van der Waals surface area (Å²) >= 11 is 0. The Kier molecular flexibility index (Phi) is 6.22. The van der Waals surface area contributed by atoms with Crippen LogP contribution in [-0.2, 0) is 4.74 Å². The van der Waals surface area contributed by atoms with E-state index in [9.17, 15) is 4.79 Å². The molecule has 0 bridgehead atoms. The van der Waals surface area contributed by atoms with Crippen molar-refractivity contribution in [1.29, 1.82) is 0 Å². The molecule has 6 nitrogen and oxygen atoms in total. The third-order valence-electron chi connectivity index (χ3n) is 4.05. The maximum atomic E-state index is 11.6. The van der Waals surface area contributed by atoms with Gasteiger partial charge in [0.1, 0.15) is 5.82 Å². The van der Waals surface area contributed by atoms with Crippen molar-refractivity contribution >= 4 is 23.4 Å². The molecule has 6 heteroatoms. The monoisotopic (exact) mass is 376 g/mol. The lowest BCUT2D eigenvalue weighted by atomic mass is 10.1. The number of carbonyl (C=O) groups is 1. The largest absolute Gasteiger partial charge is 0.465 e. The number of nitrogens with zero attached hydrogens (tertiary/aromatic N) is 2. The summed E-state index contributed by atoms with van der Waals surface area (Å²) in [6.07, 6.45) is 0. The van der Waals surface area contributed by atoms with Crippen LogP contribution in [0.15, 0.2) is 60.7 Å². The molecule has 0 spiro atoms. The number of hydrogen-bond donors (Lipinski definition) is 2. The van der Waals surface area contributed by atoms with Gasteiger partial charge in [-0.15, -0.1) is 0 Å². The highest BCUT2D eigenvalue weighted by Crippen LogP contribution is 2.23. The number of ether oxygens (including phenoxy) is 1. The number of methoxy groups -OCH3 is 1. The minimum absolute atomic E-state index is 0.367. The molecular formula is C22H24N4O2. The van der Waals surface area contributed by atoms with Crippen LogP contribution in [0.5, 0.6) is 0 Å². The zero-order valence-corrected chi connectivity index (χ0v) is 16.3. The van der Waals surface area contributed by atoms with Crippen LogP contribution in [0.1, 0.15) is 24.2 Å². The van der Waals surface area contributed by atoms with Crippen LogP contribution in [0.25, 0.3) is 11.3 Å². The lowest BCUT2D eigenvalue weighted by molar-refractivity contribution is 0.0601. The first-order valence-corrected chi connectivity index (χ1v) is 9.19. The van der Waals surface area contributed by atoms with E-state index in [1.54, 1.807) is 24.3 Å². The first kappa shape index (κ1) is 19.4. The smallest absolute Gasteiger partial charge is 0.337 e. The van der Waals surface area contributed by atoms with Crippen LogP contribution in [0.2, 0.25) is 0 Å². The van der Waals surface area contributed by atoms with Gasteiger partial charge < -0.3 is 15.4 Å². The van der Waals surface area contributed by atoms with E-state index < -0.39 is 0 Å². The van der Waals surface area contributed by atoms with Gasteiger partial charge in [-0.2, -0.15) is 4.98 Å². The third kappa shape index (κ3) is 5.07. The molecule has 0 radical (unpaired) electrons. The van der Waals surface area contributed by atoms with Crippen LogP contribution < -0.4 is 10.6 Å². The number of aromatic nitrogens is 2. The molecule has 1 aromatic heterocycles. The molecule has 28 heavy (non-hydrogen) atoms. The second-order valence-corrected chi connectivity index (χ2v) is 6.80. The molecule has 1 heterocycles. The van der Waals surface area contributed by atoms with Crippen molar-refractivity contribution in [3.05, 3.63) is 66.2 Å². The van der Waals surface area contributed by atoms with E-state index in [1.165, 1.54) is 7.11 Å². The van der Waals surface area contributed by atoms with Gasteiger partial charge in [0.2, 0.25) is 5.95 Å². The fourth-order valence-electron chi connectivity index (χ4n) is 2.60. The molecule has 2 N–H and O–H groups in total. The molecule has 0 aliphatic heterocycles. The maximum absolute atomic E-state index is 11.6. The number of benzene rings is 2. The number of hydrogen-bond acceptors (Lipinski definition) is 6. The normalized spacial score (nSPS) is 10.6. The highest BCUT2D eigenvalue weighted by Gasteiger charge is 2.09. The Morgan fingerprint density at radius 3 is 2.39 bits per heavy atom. The molecule has 144 valence electrons. The van der Waals surface area contributed by atoms with E-state index in [0.717, 1.165) is 29.3 Å². The van der Waals surface area contributed by atoms with Crippen molar-refractivity contribution < 1.29 is 9.53 Å². The van der Waals surface area contributed by atoms with E-state index in [1.807, 2.05) is 36.4 Å². The zero-order chi connectivity index (χ0) is 19.9. The molecule has 0 saturated carbocycles. The summed E-state index contributed by atoms with van der Waals surface area (Å²) in [4.78, 5) is 20.8. The van der Waals surface area contributed by atoms with Gasteiger partial charge in [0.25, 0.3) is 0 Å². The minimum atomic E-state index is -0.367. The van der Waals surface area contributed by atoms with Crippen molar-refractivity contribution in [3.63, 3.8) is 0 Å². The van der Waals surface area contributed by atoms with E-state index in [0.29, 0.717) is 17.4 Å². The van der Waals surface area contributed by atoms with Gasteiger partial charge >= 0.3 is 5.97 Å². The van der Waals surface area contributed by atoms with E-state index in [4.69, 9.17) is 4.74 Å². The lowest BCUT2D eigenvalue weighted by Crippen LogP contribution is -2.11. The molecule has 0 aliphatic carbocycles. The van der Waals surface area contributed by atoms with Gasteiger partial charge in [-0.3, -0.25) is 0 Å². The van der Waals surface area contributed by atoms with Gasteiger partial charge in [0.15, 0.2) is 0 Å². The molecule has 0 aliphatic rings. The Morgan fingerprint density at radius 1 is 1.04 bits per heavy atom. The summed E-state index contributed by atoms with van der Waals surface area (Å²) in [7, 11) is 1.36. The molecule has 3 rings (SSSR count). The highest BCUT2D eigenvalue weighted by atomic mass is 16.5. The molecular weight excluding hydrogens is 352 g/mol. The predicted octanol–water partition coefficient (Wildman–Crippen LogP) is 4.74. The second-order valence-electron chi connectivity index (χ2n) is 6.80. The van der Waals surface area contributed by atoms with Crippen LogP contribution >= 0.6 is 0 Å². The van der Waals surface area contributed by atoms with Gasteiger partial charge in [0.05, 0.1) is 18.4 Å². The molecule has 3 aromatic rings. The quantitative estimate of drug-likeness (QED) is 0.580. The second kappa shape index (κ2) is 8.99. The molecule has 0 unspecified atom stereocenters. The van der Waals surface area contributed by atoms with E-state index in [-0.39, 0.29) is 5.97 Å². The number of anilines is 3. The Balaban J connectivity index is 1.88. The Labute approximate surface area is 165 Å². The average molecular weight is 376 g/mol. The summed E-state index contributed by atoms with van der Waals surface area (Å²) in [5, 5.41) is 6.57.